The molecule has 1 saturated carbocycles. The number of ether oxygens (including phenoxy) is 1. The van der Waals surface area contributed by atoms with Gasteiger partial charge in [0.15, 0.2) is 0 Å². The molecule has 0 bridgehead atoms. The summed E-state index contributed by atoms with van der Waals surface area (Å²) >= 11 is 6.39. The number of hydrogen-bond acceptors (Lipinski definition) is 5. The fraction of sp³-hybridized carbons (Fsp3) is 0.519. The van der Waals surface area contributed by atoms with E-state index in [-0.39, 0.29) is 23.0 Å². The van der Waals surface area contributed by atoms with Gasteiger partial charge in [-0.15, -0.1) is 0 Å². The third-order valence-corrected chi connectivity index (χ3v) is 9.45. The third kappa shape index (κ3) is 5.27. The predicted molar refractivity (Wildman–Crippen MR) is 136 cm³/mol. The number of halogens is 1. The van der Waals surface area contributed by atoms with Crippen LogP contribution in [0.2, 0.25) is 5.02 Å². The van der Waals surface area contributed by atoms with E-state index in [4.69, 9.17) is 16.3 Å². The van der Waals surface area contributed by atoms with Crippen LogP contribution < -0.4 is 4.74 Å². The molecule has 4 rings (SSSR count). The maximum absolute atomic E-state index is 12.0. The first-order valence-corrected chi connectivity index (χ1v) is 14.4. The highest BCUT2D eigenvalue weighted by atomic mass is 35.5. The minimum Gasteiger partial charge on any atom is -0.494 e. The monoisotopic (exact) mass is 500 g/mol. The minimum absolute atomic E-state index is 0.0796. The van der Waals surface area contributed by atoms with E-state index < -0.39 is 9.84 Å². The number of rotatable bonds is 10. The largest absolute Gasteiger partial charge is 0.494 e. The molecule has 0 saturated heterocycles. The molecule has 1 unspecified atom stereocenters. The van der Waals surface area contributed by atoms with Crippen LogP contribution in [0.15, 0.2) is 42.5 Å². The molecule has 0 spiro atoms. The molecule has 0 amide bonds. The van der Waals surface area contributed by atoms with Gasteiger partial charge >= 0.3 is 0 Å². The SMILES string of the molecule is CCCS(=O)(=O)CCCOc1ccc2c(c1)C(C1(c3cccc(Cl)c3)CCC1)N(CC#N)CC2. The molecule has 2 aromatic carbocycles. The molecule has 182 valence electrons. The van der Waals surface area contributed by atoms with Crippen LogP contribution in [0.25, 0.3) is 0 Å². The summed E-state index contributed by atoms with van der Waals surface area (Å²) in [6.45, 7) is 3.48. The molecule has 1 atom stereocenters. The van der Waals surface area contributed by atoms with E-state index in [0.29, 0.717) is 26.0 Å². The first-order valence-electron chi connectivity index (χ1n) is 12.2. The lowest BCUT2D eigenvalue weighted by atomic mass is 9.57. The van der Waals surface area contributed by atoms with Gasteiger partial charge in [-0.3, -0.25) is 4.90 Å². The molecule has 7 heteroatoms. The zero-order valence-corrected chi connectivity index (χ0v) is 21.4. The van der Waals surface area contributed by atoms with Gasteiger partial charge in [-0.1, -0.05) is 43.1 Å². The predicted octanol–water partition coefficient (Wildman–Crippen LogP) is 5.48. The van der Waals surface area contributed by atoms with Crippen LogP contribution in [0.1, 0.15) is 61.8 Å². The Labute approximate surface area is 208 Å². The molecule has 2 aliphatic rings. The van der Waals surface area contributed by atoms with Gasteiger partial charge in [0, 0.05) is 28.8 Å². The number of benzene rings is 2. The van der Waals surface area contributed by atoms with Crippen molar-refractivity contribution in [2.24, 2.45) is 0 Å². The number of nitriles is 1. The van der Waals surface area contributed by atoms with Crippen LogP contribution in [-0.2, 0) is 21.7 Å². The average Bonchev–Trinajstić information content (AvgIpc) is 2.77. The summed E-state index contributed by atoms with van der Waals surface area (Å²) in [6, 6.07) is 16.9. The Kier molecular flexibility index (Phi) is 7.87. The Morgan fingerprint density at radius 3 is 2.71 bits per heavy atom. The van der Waals surface area contributed by atoms with Crippen molar-refractivity contribution in [3.05, 3.63) is 64.2 Å². The number of fused-ring (bicyclic) bond motifs is 1. The van der Waals surface area contributed by atoms with Gasteiger partial charge in [0.25, 0.3) is 0 Å². The van der Waals surface area contributed by atoms with E-state index in [1.807, 2.05) is 25.1 Å². The Bertz CT molecular complexity index is 1150. The quantitative estimate of drug-likeness (QED) is 0.319. The zero-order chi connectivity index (χ0) is 24.2. The van der Waals surface area contributed by atoms with Crippen molar-refractivity contribution in [1.29, 1.82) is 5.26 Å². The van der Waals surface area contributed by atoms with Gasteiger partial charge in [-0.25, -0.2) is 8.42 Å². The topological polar surface area (TPSA) is 70.4 Å². The molecule has 1 heterocycles. The Morgan fingerprint density at radius 1 is 1.21 bits per heavy atom. The molecule has 2 aromatic rings. The molecule has 0 aromatic heterocycles. The molecular weight excluding hydrogens is 468 g/mol. The van der Waals surface area contributed by atoms with Crippen LogP contribution in [0.5, 0.6) is 5.75 Å². The standard InChI is InChI=1S/C27H33ClN2O3S/c1-2-17-34(31,32)18-5-16-33-24-9-8-21-10-14-30(15-13-29)26(25(21)20-24)27(11-4-12-27)22-6-3-7-23(28)19-22/h3,6-9,19-20,26H,2,4-5,10-12,14-18H2,1H3. The van der Waals surface area contributed by atoms with Crippen molar-refractivity contribution in [3.63, 3.8) is 0 Å². The lowest BCUT2D eigenvalue weighted by Gasteiger charge is -2.54. The first-order chi connectivity index (χ1) is 16.4. The maximum atomic E-state index is 12.0. The molecular formula is C27H33ClN2O3S. The molecule has 1 fully saturated rings. The molecule has 0 N–H and O–H groups in total. The lowest BCUT2D eigenvalue weighted by Crippen LogP contribution is -2.51. The Morgan fingerprint density at radius 2 is 2.03 bits per heavy atom. The summed E-state index contributed by atoms with van der Waals surface area (Å²) in [4.78, 5) is 2.31. The zero-order valence-electron chi connectivity index (χ0n) is 19.8. The summed E-state index contributed by atoms with van der Waals surface area (Å²) in [5.41, 5.74) is 3.67. The lowest BCUT2D eigenvalue weighted by molar-refractivity contribution is 0.0619. The van der Waals surface area contributed by atoms with Gasteiger partial charge in [0.1, 0.15) is 15.6 Å². The van der Waals surface area contributed by atoms with Crippen LogP contribution in [0.4, 0.5) is 0 Å². The van der Waals surface area contributed by atoms with Crippen molar-refractivity contribution in [3.8, 4) is 11.8 Å². The molecule has 5 nitrogen and oxygen atoms in total. The second kappa shape index (κ2) is 10.7. The van der Waals surface area contributed by atoms with Gasteiger partial charge < -0.3 is 4.74 Å². The summed E-state index contributed by atoms with van der Waals surface area (Å²) in [6.07, 6.45) is 5.29. The fourth-order valence-electron chi connectivity index (χ4n) is 5.60. The van der Waals surface area contributed by atoms with Crippen LogP contribution >= 0.6 is 11.6 Å². The van der Waals surface area contributed by atoms with Crippen molar-refractivity contribution in [2.75, 3.05) is 31.2 Å². The van der Waals surface area contributed by atoms with E-state index in [2.05, 4.69) is 35.2 Å². The van der Waals surface area contributed by atoms with Crippen molar-refractivity contribution in [1.82, 2.24) is 4.90 Å². The van der Waals surface area contributed by atoms with E-state index in [1.54, 1.807) is 0 Å². The second-order valence-electron chi connectivity index (χ2n) is 9.52. The van der Waals surface area contributed by atoms with E-state index in [1.165, 1.54) is 16.7 Å². The molecule has 34 heavy (non-hydrogen) atoms. The second-order valence-corrected chi connectivity index (χ2v) is 12.3. The highest BCUT2D eigenvalue weighted by molar-refractivity contribution is 7.91. The highest BCUT2D eigenvalue weighted by Crippen LogP contribution is 2.56. The summed E-state index contributed by atoms with van der Waals surface area (Å²) in [7, 11) is -3.00. The summed E-state index contributed by atoms with van der Waals surface area (Å²) < 4.78 is 30.0. The molecule has 1 aliphatic carbocycles. The van der Waals surface area contributed by atoms with Crippen LogP contribution in [0.3, 0.4) is 0 Å². The summed E-state index contributed by atoms with van der Waals surface area (Å²) in [5, 5.41) is 10.3. The summed E-state index contributed by atoms with van der Waals surface area (Å²) in [5.74, 6) is 1.15. The van der Waals surface area contributed by atoms with Gasteiger partial charge in [0.05, 0.1) is 25.0 Å². The Hall–Kier alpha value is -2.07. The highest BCUT2D eigenvalue weighted by Gasteiger charge is 2.50. The van der Waals surface area contributed by atoms with E-state index in [9.17, 15) is 13.7 Å². The van der Waals surface area contributed by atoms with Gasteiger partial charge in [0.2, 0.25) is 0 Å². The van der Waals surface area contributed by atoms with E-state index in [0.717, 1.165) is 43.0 Å². The van der Waals surface area contributed by atoms with Crippen LogP contribution in [-0.4, -0.2) is 44.5 Å². The number of sulfone groups is 1. The van der Waals surface area contributed by atoms with Crippen molar-refractivity contribution in [2.45, 2.75) is 56.9 Å². The fourth-order valence-corrected chi connectivity index (χ4v) is 7.18. The van der Waals surface area contributed by atoms with Crippen molar-refractivity contribution >= 4 is 21.4 Å². The number of nitrogens with zero attached hydrogens (tertiary/aromatic N) is 2. The third-order valence-electron chi connectivity index (χ3n) is 7.27. The van der Waals surface area contributed by atoms with Gasteiger partial charge in [-0.05, 0) is 73.1 Å². The maximum Gasteiger partial charge on any atom is 0.150 e. The smallest absolute Gasteiger partial charge is 0.150 e. The van der Waals surface area contributed by atoms with Gasteiger partial charge in [-0.2, -0.15) is 5.26 Å². The first kappa shape index (κ1) is 25.0. The van der Waals surface area contributed by atoms with Crippen molar-refractivity contribution < 1.29 is 13.2 Å². The van der Waals surface area contributed by atoms with E-state index >= 15 is 0 Å². The minimum atomic E-state index is -3.00. The Balaban J connectivity index is 1.61. The number of hydrogen-bond donors (Lipinski definition) is 0. The average molecular weight is 501 g/mol. The van der Waals surface area contributed by atoms with Crippen LogP contribution in [0, 0.1) is 11.3 Å². The normalized spacial score (nSPS) is 19.6. The molecule has 0 radical (unpaired) electrons. The molecule has 1 aliphatic heterocycles.